The van der Waals surface area contributed by atoms with Gasteiger partial charge < -0.3 is 5.32 Å². The van der Waals surface area contributed by atoms with Crippen LogP contribution < -0.4 is 16.1 Å². The highest BCUT2D eigenvalue weighted by Crippen LogP contribution is 2.23. The molecule has 1 aliphatic carbocycles. The third kappa shape index (κ3) is 4.04. The van der Waals surface area contributed by atoms with Gasteiger partial charge in [0.25, 0.3) is 0 Å². The minimum atomic E-state index is -0.478. The standard InChI is InChI=1S/C18H22N4O3/c1-12-6-2-4-8-14(12)20-18(25)21-17(24)11-22-15-9-5-3-7-13(15)16(23)10-19-22/h3,5,7,9-10,12,14H,2,4,6,8,11H2,1H3,(H2,20,21,24,25)/t12-,14+/m0/s1. The van der Waals surface area contributed by atoms with Gasteiger partial charge in [0.2, 0.25) is 11.3 Å². The fraction of sp³-hybridized carbons (Fsp3) is 0.444. The highest BCUT2D eigenvalue weighted by atomic mass is 16.2. The van der Waals surface area contributed by atoms with E-state index in [1.807, 2.05) is 0 Å². The maximum Gasteiger partial charge on any atom is 0.321 e. The molecule has 1 aliphatic rings. The number of hydrogen-bond acceptors (Lipinski definition) is 4. The number of urea groups is 1. The van der Waals surface area contributed by atoms with Crippen LogP contribution in [0.15, 0.2) is 35.3 Å². The molecule has 1 aromatic heterocycles. The van der Waals surface area contributed by atoms with Crippen molar-refractivity contribution < 1.29 is 9.59 Å². The number of fused-ring (bicyclic) bond motifs is 1. The molecule has 3 rings (SSSR count). The average molecular weight is 342 g/mol. The van der Waals surface area contributed by atoms with Gasteiger partial charge in [0.1, 0.15) is 6.54 Å². The zero-order valence-electron chi connectivity index (χ0n) is 14.2. The van der Waals surface area contributed by atoms with E-state index in [1.165, 1.54) is 17.3 Å². The summed E-state index contributed by atoms with van der Waals surface area (Å²) in [4.78, 5) is 36.0. The van der Waals surface area contributed by atoms with Gasteiger partial charge >= 0.3 is 6.03 Å². The van der Waals surface area contributed by atoms with Gasteiger partial charge in [-0.25, -0.2) is 4.79 Å². The zero-order chi connectivity index (χ0) is 17.8. The van der Waals surface area contributed by atoms with E-state index in [0.717, 1.165) is 19.3 Å². The number of nitrogens with zero attached hydrogens (tertiary/aromatic N) is 2. The molecule has 2 N–H and O–H groups in total. The van der Waals surface area contributed by atoms with Gasteiger partial charge in [-0.1, -0.05) is 31.9 Å². The summed E-state index contributed by atoms with van der Waals surface area (Å²) < 4.78 is 1.42. The third-order valence-electron chi connectivity index (χ3n) is 4.74. The molecule has 1 aromatic carbocycles. The van der Waals surface area contributed by atoms with Crippen LogP contribution in [0.5, 0.6) is 0 Å². The van der Waals surface area contributed by atoms with Crippen LogP contribution in [0.2, 0.25) is 0 Å². The minimum absolute atomic E-state index is 0.105. The average Bonchev–Trinajstić information content (AvgIpc) is 2.59. The van der Waals surface area contributed by atoms with Gasteiger partial charge in [0, 0.05) is 11.4 Å². The first-order valence-corrected chi connectivity index (χ1v) is 8.60. The summed E-state index contributed by atoms with van der Waals surface area (Å²) in [6.45, 7) is 1.98. The molecule has 2 aromatic rings. The normalized spacial score (nSPS) is 20.2. The molecule has 0 unspecified atom stereocenters. The molecule has 1 fully saturated rings. The van der Waals surface area contributed by atoms with Crippen molar-refractivity contribution in [2.45, 2.75) is 45.2 Å². The highest BCUT2D eigenvalue weighted by molar-refractivity contribution is 5.94. The van der Waals surface area contributed by atoms with Gasteiger partial charge in [-0.05, 0) is 30.9 Å². The number of benzene rings is 1. The van der Waals surface area contributed by atoms with E-state index in [1.54, 1.807) is 24.3 Å². The summed E-state index contributed by atoms with van der Waals surface area (Å²) in [7, 11) is 0. The van der Waals surface area contributed by atoms with E-state index >= 15 is 0 Å². The second-order valence-corrected chi connectivity index (χ2v) is 6.57. The van der Waals surface area contributed by atoms with Crippen molar-refractivity contribution in [1.29, 1.82) is 0 Å². The van der Waals surface area contributed by atoms with Crippen molar-refractivity contribution in [3.8, 4) is 0 Å². The Bertz CT molecular complexity index is 846. The molecule has 0 saturated heterocycles. The number of rotatable bonds is 3. The summed E-state index contributed by atoms with van der Waals surface area (Å²) in [5.74, 6) is -0.0542. The first kappa shape index (κ1) is 17.1. The van der Waals surface area contributed by atoms with Crippen LogP contribution >= 0.6 is 0 Å². The predicted octanol–water partition coefficient (Wildman–Crippen LogP) is 1.80. The Morgan fingerprint density at radius 2 is 2.00 bits per heavy atom. The lowest BCUT2D eigenvalue weighted by Crippen LogP contribution is -2.48. The van der Waals surface area contributed by atoms with Crippen molar-refractivity contribution in [2.24, 2.45) is 5.92 Å². The molecule has 132 valence electrons. The molecule has 2 atom stereocenters. The Balaban J connectivity index is 1.64. The summed E-state index contributed by atoms with van der Waals surface area (Å²) in [5.41, 5.74) is 0.364. The molecular weight excluding hydrogens is 320 g/mol. The van der Waals surface area contributed by atoms with Crippen molar-refractivity contribution in [2.75, 3.05) is 0 Å². The van der Waals surface area contributed by atoms with Crippen molar-refractivity contribution in [1.82, 2.24) is 20.4 Å². The lowest BCUT2D eigenvalue weighted by atomic mass is 9.86. The van der Waals surface area contributed by atoms with Crippen LogP contribution in [0, 0.1) is 5.92 Å². The monoisotopic (exact) mass is 342 g/mol. The van der Waals surface area contributed by atoms with Crippen LogP contribution in [0.3, 0.4) is 0 Å². The molecule has 7 nitrogen and oxygen atoms in total. The van der Waals surface area contributed by atoms with Crippen LogP contribution in [0.4, 0.5) is 4.79 Å². The van der Waals surface area contributed by atoms with Gasteiger partial charge in [-0.3, -0.25) is 19.6 Å². The summed E-state index contributed by atoms with van der Waals surface area (Å²) in [5, 5.41) is 9.71. The fourth-order valence-corrected chi connectivity index (χ4v) is 3.32. The number of para-hydroxylation sites is 1. The van der Waals surface area contributed by atoms with E-state index < -0.39 is 11.9 Å². The number of aromatic nitrogens is 2. The van der Waals surface area contributed by atoms with Crippen molar-refractivity contribution in [3.05, 3.63) is 40.7 Å². The van der Waals surface area contributed by atoms with Gasteiger partial charge in [-0.2, -0.15) is 5.10 Å². The largest absolute Gasteiger partial charge is 0.335 e. The molecule has 1 saturated carbocycles. The topological polar surface area (TPSA) is 93.1 Å². The number of amides is 3. The third-order valence-corrected chi connectivity index (χ3v) is 4.74. The summed E-state index contributed by atoms with van der Waals surface area (Å²) in [6, 6.07) is 6.57. The van der Waals surface area contributed by atoms with Gasteiger partial charge in [0.15, 0.2) is 0 Å². The van der Waals surface area contributed by atoms with E-state index in [0.29, 0.717) is 16.8 Å². The second kappa shape index (κ2) is 7.46. The zero-order valence-corrected chi connectivity index (χ0v) is 14.2. The Kier molecular flexibility index (Phi) is 5.11. The Hall–Kier alpha value is -2.70. The van der Waals surface area contributed by atoms with E-state index in [9.17, 15) is 14.4 Å². The fourth-order valence-electron chi connectivity index (χ4n) is 3.32. The number of carbonyl (C=O) groups excluding carboxylic acids is 2. The molecule has 25 heavy (non-hydrogen) atoms. The molecule has 3 amide bonds. The Morgan fingerprint density at radius 3 is 2.80 bits per heavy atom. The molecule has 0 radical (unpaired) electrons. The lowest BCUT2D eigenvalue weighted by molar-refractivity contribution is -0.120. The number of nitrogens with one attached hydrogen (secondary N) is 2. The van der Waals surface area contributed by atoms with Crippen LogP contribution in [0.25, 0.3) is 10.9 Å². The van der Waals surface area contributed by atoms with Crippen LogP contribution in [-0.4, -0.2) is 27.8 Å². The number of carbonyl (C=O) groups is 2. The van der Waals surface area contributed by atoms with Crippen LogP contribution in [0.1, 0.15) is 32.6 Å². The molecule has 7 heteroatoms. The maximum absolute atomic E-state index is 12.2. The van der Waals surface area contributed by atoms with E-state index in [-0.39, 0.29) is 18.0 Å². The highest BCUT2D eigenvalue weighted by Gasteiger charge is 2.23. The number of imide groups is 1. The second-order valence-electron chi connectivity index (χ2n) is 6.57. The molecule has 0 aliphatic heterocycles. The molecular formula is C18H22N4O3. The maximum atomic E-state index is 12.2. The van der Waals surface area contributed by atoms with E-state index in [2.05, 4.69) is 22.7 Å². The summed E-state index contributed by atoms with van der Waals surface area (Å²) in [6.07, 6.45) is 5.49. The molecule has 1 heterocycles. The van der Waals surface area contributed by atoms with Gasteiger partial charge in [-0.15, -0.1) is 0 Å². The first-order valence-electron chi connectivity index (χ1n) is 8.60. The quantitative estimate of drug-likeness (QED) is 0.889. The van der Waals surface area contributed by atoms with Crippen molar-refractivity contribution >= 4 is 22.8 Å². The lowest BCUT2D eigenvalue weighted by Gasteiger charge is -2.29. The van der Waals surface area contributed by atoms with E-state index in [4.69, 9.17) is 0 Å². The Labute approximate surface area is 145 Å². The minimum Gasteiger partial charge on any atom is -0.335 e. The summed E-state index contributed by atoms with van der Waals surface area (Å²) >= 11 is 0. The molecule has 0 bridgehead atoms. The predicted molar refractivity (Wildman–Crippen MR) is 94.1 cm³/mol. The number of hydrogen-bond donors (Lipinski definition) is 2. The first-order chi connectivity index (χ1) is 12.0. The smallest absolute Gasteiger partial charge is 0.321 e. The van der Waals surface area contributed by atoms with Crippen LogP contribution in [-0.2, 0) is 11.3 Å². The SMILES string of the molecule is C[C@H]1CCCC[C@H]1NC(=O)NC(=O)Cn1ncc(=O)c2ccccc21. The Morgan fingerprint density at radius 1 is 1.24 bits per heavy atom. The van der Waals surface area contributed by atoms with Gasteiger partial charge in [0.05, 0.1) is 11.7 Å². The molecule has 0 spiro atoms. The van der Waals surface area contributed by atoms with Crippen molar-refractivity contribution in [3.63, 3.8) is 0 Å².